The van der Waals surface area contributed by atoms with E-state index in [1.54, 1.807) is 12.3 Å². The minimum Gasteiger partial charge on any atom is -0.398 e. The molecule has 0 aliphatic carbocycles. The molecule has 5 nitrogen and oxygen atoms in total. The maximum absolute atomic E-state index is 14.4. The van der Waals surface area contributed by atoms with Crippen LogP contribution in [0.2, 0.25) is 0 Å². The van der Waals surface area contributed by atoms with Crippen molar-refractivity contribution in [2.24, 2.45) is 0 Å². The maximum atomic E-state index is 14.4. The molecule has 1 saturated heterocycles. The molecule has 1 aromatic carbocycles. The molecule has 1 aliphatic rings. The molecule has 6 heteroatoms. The van der Waals surface area contributed by atoms with Crippen molar-refractivity contribution in [2.45, 2.75) is 0 Å². The molecule has 0 spiro atoms. The van der Waals surface area contributed by atoms with Gasteiger partial charge in [-0.05, 0) is 18.2 Å². The van der Waals surface area contributed by atoms with E-state index in [4.69, 9.17) is 10.8 Å². The molecular weight excluding hydrogens is 271 g/mol. The lowest BCUT2D eigenvalue weighted by Crippen LogP contribution is -2.47. The zero-order valence-electron chi connectivity index (χ0n) is 11.8. The molecule has 0 unspecified atom stereocenters. The Kier molecular flexibility index (Phi) is 3.90. The summed E-state index contributed by atoms with van der Waals surface area (Å²) < 4.78 is 14.4. The van der Waals surface area contributed by atoms with Gasteiger partial charge in [-0.15, -0.1) is 0 Å². The number of pyridine rings is 1. The topological polar surface area (TPSA) is 65.6 Å². The van der Waals surface area contributed by atoms with Crippen molar-refractivity contribution in [3.63, 3.8) is 0 Å². The average Bonchev–Trinajstić information content (AvgIpc) is 2.49. The zero-order valence-corrected chi connectivity index (χ0v) is 11.8. The molecular formula is C15H19FN4O. The Bertz CT molecular complexity index is 641. The van der Waals surface area contributed by atoms with Crippen molar-refractivity contribution >= 4 is 22.3 Å². The third-order valence-electron chi connectivity index (χ3n) is 3.96. The number of β-amino-alcohol motifs (C(OH)–C–C–N with tert-alkyl or cyclic N) is 1. The van der Waals surface area contributed by atoms with Crippen LogP contribution in [0.15, 0.2) is 24.4 Å². The number of hydrogen-bond donors (Lipinski definition) is 2. The van der Waals surface area contributed by atoms with Crippen LogP contribution in [0.1, 0.15) is 0 Å². The van der Waals surface area contributed by atoms with Crippen molar-refractivity contribution in [1.29, 1.82) is 0 Å². The third-order valence-corrected chi connectivity index (χ3v) is 3.96. The van der Waals surface area contributed by atoms with Crippen LogP contribution in [0.5, 0.6) is 0 Å². The standard InChI is InChI=1S/C15H19FN4O/c16-12-10-13(17)11-2-1-3-18-14(11)15(12)20-6-4-19(5-7-20)8-9-21/h1-3,10,21H,4-9,17H2. The van der Waals surface area contributed by atoms with Gasteiger partial charge in [0.15, 0.2) is 5.82 Å². The highest BCUT2D eigenvalue weighted by Crippen LogP contribution is 2.32. The largest absolute Gasteiger partial charge is 0.398 e. The Morgan fingerprint density at radius 1 is 1.29 bits per heavy atom. The van der Waals surface area contributed by atoms with E-state index in [0.29, 0.717) is 36.5 Å². The van der Waals surface area contributed by atoms with Crippen LogP contribution in [0, 0.1) is 5.82 Å². The summed E-state index contributed by atoms with van der Waals surface area (Å²) in [5.74, 6) is -0.325. The van der Waals surface area contributed by atoms with Crippen LogP contribution in [0.25, 0.3) is 10.9 Å². The summed E-state index contributed by atoms with van der Waals surface area (Å²) in [7, 11) is 0. The molecule has 3 N–H and O–H groups in total. The Balaban J connectivity index is 1.94. The minimum atomic E-state index is -0.325. The van der Waals surface area contributed by atoms with Crippen LogP contribution >= 0.6 is 0 Å². The lowest BCUT2D eigenvalue weighted by atomic mass is 10.1. The van der Waals surface area contributed by atoms with Crippen LogP contribution in [-0.2, 0) is 0 Å². The summed E-state index contributed by atoms with van der Waals surface area (Å²) in [5, 5.41) is 9.76. The highest BCUT2D eigenvalue weighted by atomic mass is 19.1. The van der Waals surface area contributed by atoms with Crippen molar-refractivity contribution in [3.8, 4) is 0 Å². The SMILES string of the molecule is Nc1cc(F)c(N2CCN(CCO)CC2)c2ncccc12. The number of anilines is 2. The predicted molar refractivity (Wildman–Crippen MR) is 81.9 cm³/mol. The van der Waals surface area contributed by atoms with Gasteiger partial charge >= 0.3 is 0 Å². The smallest absolute Gasteiger partial charge is 0.150 e. The van der Waals surface area contributed by atoms with E-state index in [1.807, 2.05) is 11.0 Å². The highest BCUT2D eigenvalue weighted by molar-refractivity contribution is 5.98. The average molecular weight is 290 g/mol. The van der Waals surface area contributed by atoms with E-state index < -0.39 is 0 Å². The second-order valence-corrected chi connectivity index (χ2v) is 5.25. The fraction of sp³-hybridized carbons (Fsp3) is 0.400. The van der Waals surface area contributed by atoms with Gasteiger partial charge in [0, 0.05) is 50.0 Å². The Morgan fingerprint density at radius 2 is 2.05 bits per heavy atom. The predicted octanol–water partition coefficient (Wildman–Crippen LogP) is 1.07. The number of nitrogens with two attached hydrogens (primary N) is 1. The molecule has 1 fully saturated rings. The monoisotopic (exact) mass is 290 g/mol. The fourth-order valence-corrected chi connectivity index (χ4v) is 2.86. The van der Waals surface area contributed by atoms with E-state index in [0.717, 1.165) is 18.5 Å². The first-order valence-electron chi connectivity index (χ1n) is 7.11. The van der Waals surface area contributed by atoms with Gasteiger partial charge in [-0.25, -0.2) is 4.39 Å². The molecule has 21 heavy (non-hydrogen) atoms. The van der Waals surface area contributed by atoms with E-state index in [9.17, 15) is 4.39 Å². The van der Waals surface area contributed by atoms with Crippen molar-refractivity contribution < 1.29 is 9.50 Å². The van der Waals surface area contributed by atoms with Gasteiger partial charge in [-0.1, -0.05) is 0 Å². The molecule has 1 aromatic heterocycles. The molecule has 1 aliphatic heterocycles. The van der Waals surface area contributed by atoms with Crippen molar-refractivity contribution in [1.82, 2.24) is 9.88 Å². The van der Waals surface area contributed by atoms with Crippen molar-refractivity contribution in [3.05, 3.63) is 30.2 Å². The van der Waals surface area contributed by atoms with Gasteiger partial charge in [-0.3, -0.25) is 9.88 Å². The molecule has 0 atom stereocenters. The molecule has 0 bridgehead atoms. The van der Waals surface area contributed by atoms with Gasteiger partial charge in [0.2, 0.25) is 0 Å². The Labute approximate surface area is 122 Å². The first-order valence-corrected chi connectivity index (χ1v) is 7.11. The van der Waals surface area contributed by atoms with Crippen LogP contribution in [-0.4, -0.2) is 54.3 Å². The van der Waals surface area contributed by atoms with Gasteiger partial charge in [0.1, 0.15) is 0 Å². The highest BCUT2D eigenvalue weighted by Gasteiger charge is 2.22. The summed E-state index contributed by atoms with van der Waals surface area (Å²) in [4.78, 5) is 8.50. The lowest BCUT2D eigenvalue weighted by Gasteiger charge is -2.36. The molecule has 0 saturated carbocycles. The van der Waals surface area contributed by atoms with Gasteiger partial charge in [0.05, 0.1) is 17.8 Å². The first-order chi connectivity index (χ1) is 10.2. The summed E-state index contributed by atoms with van der Waals surface area (Å²) in [5.41, 5.74) is 7.44. The number of halogens is 1. The number of rotatable bonds is 3. The Morgan fingerprint density at radius 3 is 2.76 bits per heavy atom. The quantitative estimate of drug-likeness (QED) is 0.828. The second kappa shape index (κ2) is 5.83. The second-order valence-electron chi connectivity index (χ2n) is 5.25. The Hall–Kier alpha value is -1.92. The van der Waals surface area contributed by atoms with Gasteiger partial charge in [0.25, 0.3) is 0 Å². The number of aliphatic hydroxyl groups excluding tert-OH is 1. The number of piperazine rings is 1. The first kappa shape index (κ1) is 14.0. The molecule has 112 valence electrons. The lowest BCUT2D eigenvalue weighted by molar-refractivity contribution is 0.188. The molecule has 2 aromatic rings. The number of benzene rings is 1. The van der Waals surface area contributed by atoms with E-state index in [-0.39, 0.29) is 12.4 Å². The number of hydrogen-bond acceptors (Lipinski definition) is 5. The van der Waals surface area contributed by atoms with Gasteiger partial charge in [-0.2, -0.15) is 0 Å². The zero-order chi connectivity index (χ0) is 14.8. The number of aromatic nitrogens is 1. The summed E-state index contributed by atoms with van der Waals surface area (Å²) in [6.07, 6.45) is 1.66. The van der Waals surface area contributed by atoms with Crippen LogP contribution in [0.3, 0.4) is 0 Å². The molecule has 0 amide bonds. The third kappa shape index (κ3) is 2.64. The summed E-state index contributed by atoms with van der Waals surface area (Å²) in [6, 6.07) is 5.04. The molecule has 2 heterocycles. The number of nitrogen functional groups attached to an aromatic ring is 1. The van der Waals surface area contributed by atoms with E-state index in [2.05, 4.69) is 9.88 Å². The summed E-state index contributed by atoms with van der Waals surface area (Å²) in [6.45, 7) is 3.86. The molecule has 3 rings (SSSR count). The minimum absolute atomic E-state index is 0.153. The number of aliphatic hydroxyl groups is 1. The van der Waals surface area contributed by atoms with Gasteiger partial charge < -0.3 is 15.7 Å². The van der Waals surface area contributed by atoms with Crippen molar-refractivity contribution in [2.75, 3.05) is 50.0 Å². The van der Waals surface area contributed by atoms with E-state index >= 15 is 0 Å². The van der Waals surface area contributed by atoms with Crippen LogP contribution < -0.4 is 10.6 Å². The maximum Gasteiger partial charge on any atom is 0.150 e. The summed E-state index contributed by atoms with van der Waals surface area (Å²) >= 11 is 0. The van der Waals surface area contributed by atoms with E-state index in [1.165, 1.54) is 6.07 Å². The fourth-order valence-electron chi connectivity index (χ4n) is 2.86. The number of nitrogens with zero attached hydrogens (tertiary/aromatic N) is 3. The van der Waals surface area contributed by atoms with Crippen LogP contribution in [0.4, 0.5) is 15.8 Å². The number of fused-ring (bicyclic) bond motifs is 1. The normalized spacial score (nSPS) is 16.6. The molecule has 0 radical (unpaired) electrons.